The average molecular weight is 611 g/mol. The molecule has 3 aromatic carbocycles. The largest absolute Gasteiger partial charge is 0.478 e. The van der Waals surface area contributed by atoms with E-state index < -0.39 is 17.7 Å². The van der Waals surface area contributed by atoms with Gasteiger partial charge in [0.1, 0.15) is 11.5 Å². The van der Waals surface area contributed by atoms with Gasteiger partial charge in [0.2, 0.25) is 0 Å². The van der Waals surface area contributed by atoms with Crippen LogP contribution in [-0.2, 0) is 11.2 Å². The Kier molecular flexibility index (Phi) is 10.5. The van der Waals surface area contributed by atoms with Crippen LogP contribution in [0.5, 0.6) is 11.5 Å². The number of carboxylic acid groups (broad SMARTS) is 1. The Hall–Kier alpha value is -3.65. The predicted molar refractivity (Wildman–Crippen MR) is 158 cm³/mol. The number of carbonyl (C=O) groups excluding carboxylic acids is 2. The minimum absolute atomic E-state index is 0.0764. The smallest absolute Gasteiger partial charge is 0.415 e. The summed E-state index contributed by atoms with van der Waals surface area (Å²) in [5, 5.41) is 9.06. The molecule has 1 aliphatic rings. The highest BCUT2D eigenvalue weighted by molar-refractivity contribution is 9.10. The average Bonchev–Trinajstić information content (AvgIpc) is 3.42. The van der Waals surface area contributed by atoms with Crippen molar-refractivity contribution in [1.82, 2.24) is 4.90 Å². The lowest BCUT2D eigenvalue weighted by Gasteiger charge is -2.24. The van der Waals surface area contributed by atoms with Gasteiger partial charge in [0.05, 0.1) is 0 Å². The highest BCUT2D eigenvalue weighted by Gasteiger charge is 2.33. The number of hydrogen-bond acceptors (Lipinski definition) is 5. The summed E-state index contributed by atoms with van der Waals surface area (Å²) in [6.45, 7) is 10.0. The summed E-state index contributed by atoms with van der Waals surface area (Å²) in [7, 11) is 0. The van der Waals surface area contributed by atoms with E-state index in [1.165, 1.54) is 5.56 Å². The molecule has 0 saturated carbocycles. The lowest BCUT2D eigenvalue weighted by molar-refractivity contribution is -0.152. The van der Waals surface area contributed by atoms with Crippen LogP contribution < -0.4 is 9.47 Å². The number of nitrogens with zero attached hydrogens (tertiary/aromatic N) is 1. The molecular weight excluding hydrogens is 574 g/mol. The molecule has 8 heteroatoms. The van der Waals surface area contributed by atoms with Gasteiger partial charge in [-0.25, -0.2) is 9.59 Å². The Balaban J connectivity index is 0.000000232. The van der Waals surface area contributed by atoms with Crippen LogP contribution in [0.1, 0.15) is 54.2 Å². The minimum Gasteiger partial charge on any atom is -0.478 e. The lowest BCUT2D eigenvalue weighted by Crippen LogP contribution is -2.38. The molecule has 1 amide bonds. The van der Waals surface area contributed by atoms with E-state index in [1.807, 2.05) is 56.3 Å². The molecule has 1 aliphatic heterocycles. The Bertz CT molecular complexity index is 1310. The van der Waals surface area contributed by atoms with Crippen molar-refractivity contribution >= 4 is 33.8 Å². The molecule has 40 heavy (non-hydrogen) atoms. The Labute approximate surface area is 244 Å². The molecule has 1 unspecified atom stereocenters. The van der Waals surface area contributed by atoms with Crippen molar-refractivity contribution in [1.29, 1.82) is 0 Å². The van der Waals surface area contributed by atoms with Crippen molar-refractivity contribution in [3.8, 4) is 11.5 Å². The number of rotatable bonds is 7. The third-order valence-electron chi connectivity index (χ3n) is 6.69. The third kappa shape index (κ3) is 8.18. The van der Waals surface area contributed by atoms with E-state index in [0.717, 1.165) is 22.0 Å². The second kappa shape index (κ2) is 13.6. The van der Waals surface area contributed by atoms with Crippen LogP contribution >= 0.6 is 15.9 Å². The van der Waals surface area contributed by atoms with Crippen molar-refractivity contribution < 1.29 is 29.0 Å². The Morgan fingerprint density at radius 2 is 1.60 bits per heavy atom. The number of ketones is 1. The molecule has 1 atom stereocenters. The molecule has 4 rings (SSSR count). The zero-order chi connectivity index (χ0) is 29.4. The van der Waals surface area contributed by atoms with Crippen LogP contribution in [-0.4, -0.2) is 46.5 Å². The van der Waals surface area contributed by atoms with Gasteiger partial charge in [-0.15, -0.1) is 0 Å². The SMILES string of the molecule is CCc1cc(C)c(OC(C)(C)C(=O)O)c(C)c1.O=C(c1ccc(Br)cc1)C1CCN(C(=O)Oc2ccccc2)C1. The molecular formula is C32H36BrNO6. The summed E-state index contributed by atoms with van der Waals surface area (Å²) in [6, 6.07) is 20.3. The second-order valence-corrected chi connectivity index (χ2v) is 11.2. The Morgan fingerprint density at radius 3 is 2.15 bits per heavy atom. The summed E-state index contributed by atoms with van der Waals surface area (Å²) >= 11 is 3.36. The maximum absolute atomic E-state index is 12.5. The van der Waals surface area contributed by atoms with Gasteiger partial charge in [-0.1, -0.05) is 65.3 Å². The first-order valence-corrected chi connectivity index (χ1v) is 14.0. The number of halogens is 1. The first-order chi connectivity index (χ1) is 18.9. The summed E-state index contributed by atoms with van der Waals surface area (Å²) in [4.78, 5) is 37.3. The van der Waals surface area contributed by atoms with Gasteiger partial charge in [-0.05, 0) is 81.5 Å². The molecule has 3 aromatic rings. The molecule has 0 aromatic heterocycles. The number of ether oxygens (including phenoxy) is 2. The number of amides is 1. The minimum atomic E-state index is -1.21. The van der Waals surface area contributed by atoms with Gasteiger partial charge in [0.15, 0.2) is 11.4 Å². The zero-order valence-corrected chi connectivity index (χ0v) is 25.2. The van der Waals surface area contributed by atoms with E-state index in [4.69, 9.17) is 14.6 Å². The summed E-state index contributed by atoms with van der Waals surface area (Å²) in [5.41, 5.74) is 2.67. The predicted octanol–water partition coefficient (Wildman–Crippen LogP) is 7.26. The van der Waals surface area contributed by atoms with Crippen LogP contribution in [0, 0.1) is 19.8 Å². The highest BCUT2D eigenvalue weighted by Crippen LogP contribution is 2.29. The number of aryl methyl sites for hydroxylation is 3. The molecule has 0 aliphatic carbocycles. The van der Waals surface area contributed by atoms with Crippen LogP contribution in [0.15, 0.2) is 71.2 Å². The normalized spacial score (nSPS) is 14.7. The van der Waals surface area contributed by atoms with Gasteiger partial charge in [0.25, 0.3) is 0 Å². The van der Waals surface area contributed by atoms with Crippen molar-refractivity contribution in [2.24, 2.45) is 5.92 Å². The summed E-state index contributed by atoms with van der Waals surface area (Å²) in [5.74, 6) is 0.137. The Morgan fingerprint density at radius 1 is 1.00 bits per heavy atom. The molecule has 1 saturated heterocycles. The maximum Gasteiger partial charge on any atom is 0.415 e. The standard InChI is InChI=1S/C18H16BrNO3.C14H20O3/c19-15-8-6-13(7-9-15)17(21)14-10-11-20(12-14)18(22)23-16-4-2-1-3-5-16;1-6-11-7-9(2)12(10(3)8-11)17-14(4,5)13(15)16/h1-9,14H,10-12H2;7-8H,6H2,1-5H3,(H,15,16). The maximum atomic E-state index is 12.5. The highest BCUT2D eigenvalue weighted by atomic mass is 79.9. The monoisotopic (exact) mass is 609 g/mol. The third-order valence-corrected chi connectivity index (χ3v) is 7.22. The van der Waals surface area contributed by atoms with Gasteiger partial charge in [-0.2, -0.15) is 0 Å². The van der Waals surface area contributed by atoms with Gasteiger partial charge < -0.3 is 19.5 Å². The summed E-state index contributed by atoms with van der Waals surface area (Å²) < 4.78 is 11.9. The van der Waals surface area contributed by atoms with Crippen molar-refractivity contribution in [3.63, 3.8) is 0 Å². The topological polar surface area (TPSA) is 93.1 Å². The van der Waals surface area contributed by atoms with Crippen LogP contribution in [0.3, 0.4) is 0 Å². The number of carbonyl (C=O) groups is 3. The fourth-order valence-corrected chi connectivity index (χ4v) is 4.61. The number of hydrogen-bond donors (Lipinski definition) is 1. The summed E-state index contributed by atoms with van der Waals surface area (Å²) in [6.07, 6.45) is 1.23. The fourth-order valence-electron chi connectivity index (χ4n) is 4.35. The van der Waals surface area contributed by atoms with Gasteiger partial charge >= 0.3 is 12.1 Å². The van der Waals surface area contributed by atoms with E-state index >= 15 is 0 Å². The molecule has 0 bridgehead atoms. The fraction of sp³-hybridized carbons (Fsp3) is 0.344. The molecule has 0 radical (unpaired) electrons. The van der Waals surface area contributed by atoms with E-state index in [9.17, 15) is 14.4 Å². The first kappa shape index (κ1) is 30.9. The second-order valence-electron chi connectivity index (χ2n) is 10.3. The van der Waals surface area contributed by atoms with Crippen LogP contribution in [0.4, 0.5) is 4.79 Å². The molecule has 1 heterocycles. The van der Waals surface area contributed by atoms with Gasteiger partial charge in [0, 0.05) is 29.0 Å². The molecule has 1 N–H and O–H groups in total. The first-order valence-electron chi connectivity index (χ1n) is 13.3. The van der Waals surface area contributed by atoms with Crippen molar-refractivity contribution in [2.75, 3.05) is 13.1 Å². The number of para-hydroxylation sites is 1. The molecule has 1 fully saturated rings. The van der Waals surface area contributed by atoms with Crippen molar-refractivity contribution in [3.05, 3.63) is 93.5 Å². The van der Waals surface area contributed by atoms with E-state index in [0.29, 0.717) is 36.6 Å². The zero-order valence-electron chi connectivity index (χ0n) is 23.6. The lowest BCUT2D eigenvalue weighted by atomic mass is 9.97. The quantitative estimate of drug-likeness (QED) is 0.283. The molecule has 7 nitrogen and oxygen atoms in total. The molecule has 212 valence electrons. The van der Waals surface area contributed by atoms with Gasteiger partial charge in [-0.3, -0.25) is 4.79 Å². The molecule has 0 spiro atoms. The van der Waals surface area contributed by atoms with Crippen LogP contribution in [0.25, 0.3) is 0 Å². The number of aliphatic carboxylic acids is 1. The number of Topliss-reactive ketones (excluding diaryl/α,β-unsaturated/α-hetero) is 1. The van der Waals surface area contributed by atoms with Crippen LogP contribution in [0.2, 0.25) is 0 Å². The number of benzene rings is 3. The van der Waals surface area contributed by atoms with E-state index in [-0.39, 0.29) is 11.7 Å². The van der Waals surface area contributed by atoms with E-state index in [1.54, 1.807) is 43.0 Å². The van der Waals surface area contributed by atoms with Crippen molar-refractivity contribution in [2.45, 2.75) is 53.1 Å². The number of likely N-dealkylation sites (tertiary alicyclic amines) is 1. The number of carboxylic acids is 1. The van der Waals surface area contributed by atoms with E-state index in [2.05, 4.69) is 22.9 Å².